The van der Waals surface area contributed by atoms with Crippen molar-refractivity contribution in [2.75, 3.05) is 18.1 Å². The number of benzene rings is 1. The minimum atomic E-state index is -0.216. The van der Waals surface area contributed by atoms with Gasteiger partial charge in [-0.3, -0.25) is 4.79 Å². The van der Waals surface area contributed by atoms with Crippen molar-refractivity contribution in [2.24, 2.45) is 0 Å². The predicted octanol–water partition coefficient (Wildman–Crippen LogP) is 4.41. The summed E-state index contributed by atoms with van der Waals surface area (Å²) in [5, 5.41) is 1.29. The van der Waals surface area contributed by atoms with Crippen LogP contribution in [0.1, 0.15) is 48.0 Å². The van der Waals surface area contributed by atoms with E-state index in [9.17, 15) is 4.79 Å². The molecule has 5 rings (SSSR count). The number of aromatic nitrogens is 3. The molecule has 1 aromatic carbocycles. The molecule has 2 aliphatic rings. The molecule has 3 heterocycles. The zero-order valence-corrected chi connectivity index (χ0v) is 16.4. The van der Waals surface area contributed by atoms with E-state index in [0.717, 1.165) is 18.7 Å². The van der Waals surface area contributed by atoms with Crippen LogP contribution in [-0.4, -0.2) is 33.6 Å². The summed E-state index contributed by atoms with van der Waals surface area (Å²) in [6.07, 6.45) is 6.96. The summed E-state index contributed by atoms with van der Waals surface area (Å²) in [7, 11) is 0. The Balaban J connectivity index is 1.63. The van der Waals surface area contributed by atoms with Gasteiger partial charge in [0.2, 0.25) is 5.88 Å². The summed E-state index contributed by atoms with van der Waals surface area (Å²) in [6, 6.07) is 6.41. The van der Waals surface area contributed by atoms with Gasteiger partial charge in [-0.1, -0.05) is 18.5 Å². The zero-order chi connectivity index (χ0) is 19.3. The van der Waals surface area contributed by atoms with E-state index in [2.05, 4.69) is 45.9 Å². The Hall–Kier alpha value is -2.60. The molecule has 7 heteroatoms. The lowest BCUT2D eigenvalue weighted by Crippen LogP contribution is -2.32. The van der Waals surface area contributed by atoms with Crippen molar-refractivity contribution in [2.45, 2.75) is 38.6 Å². The largest absolute Gasteiger partial charge is 0.475 e. The first-order chi connectivity index (χ1) is 13.7. The third-order valence-electron chi connectivity index (χ3n) is 5.45. The van der Waals surface area contributed by atoms with Crippen molar-refractivity contribution in [3.8, 4) is 5.88 Å². The molecule has 0 spiro atoms. The first-order valence-electron chi connectivity index (χ1n) is 9.75. The van der Waals surface area contributed by atoms with Crippen LogP contribution in [0.2, 0.25) is 5.15 Å². The van der Waals surface area contributed by atoms with Crippen LogP contribution >= 0.6 is 11.6 Å². The maximum atomic E-state index is 13.3. The fourth-order valence-corrected chi connectivity index (χ4v) is 4.22. The van der Waals surface area contributed by atoms with Gasteiger partial charge in [-0.25, -0.2) is 9.97 Å². The lowest BCUT2D eigenvalue weighted by molar-refractivity contribution is 0.0989. The number of hydrogen-bond acceptors (Lipinski definition) is 4. The van der Waals surface area contributed by atoms with Gasteiger partial charge in [-0.05, 0) is 48.9 Å². The Morgan fingerprint density at radius 2 is 2.14 bits per heavy atom. The normalized spacial score (nSPS) is 16.8. The number of anilines is 1. The second kappa shape index (κ2) is 6.78. The van der Waals surface area contributed by atoms with Crippen LogP contribution in [-0.2, 0) is 6.54 Å². The van der Waals surface area contributed by atoms with E-state index in [-0.39, 0.29) is 22.5 Å². The molecule has 28 heavy (non-hydrogen) atoms. The second-order valence-corrected chi connectivity index (χ2v) is 7.76. The van der Waals surface area contributed by atoms with Gasteiger partial charge >= 0.3 is 0 Å². The maximum Gasteiger partial charge on any atom is 0.267 e. The van der Waals surface area contributed by atoms with Gasteiger partial charge in [0.1, 0.15) is 23.7 Å². The van der Waals surface area contributed by atoms with Crippen LogP contribution < -0.4 is 9.64 Å². The maximum absolute atomic E-state index is 13.3. The predicted molar refractivity (Wildman–Crippen MR) is 108 cm³/mol. The summed E-state index contributed by atoms with van der Waals surface area (Å²) >= 11 is 6.21. The van der Waals surface area contributed by atoms with Crippen LogP contribution in [0.25, 0.3) is 10.9 Å². The molecule has 1 aliphatic carbocycles. The highest BCUT2D eigenvalue weighted by Crippen LogP contribution is 2.45. The second-order valence-electron chi connectivity index (χ2n) is 7.41. The highest BCUT2D eigenvalue weighted by Gasteiger charge is 2.32. The number of amides is 1. The van der Waals surface area contributed by atoms with E-state index in [1.54, 1.807) is 4.90 Å². The van der Waals surface area contributed by atoms with Gasteiger partial charge < -0.3 is 14.2 Å². The third-order valence-corrected chi connectivity index (χ3v) is 5.73. The number of ether oxygens (including phenoxy) is 1. The molecule has 1 amide bonds. The van der Waals surface area contributed by atoms with Crippen LogP contribution in [0.3, 0.4) is 0 Å². The third kappa shape index (κ3) is 2.83. The van der Waals surface area contributed by atoms with Gasteiger partial charge in [-0.2, -0.15) is 0 Å². The highest BCUT2D eigenvalue weighted by molar-refractivity contribution is 6.33. The van der Waals surface area contributed by atoms with Crippen molar-refractivity contribution in [1.29, 1.82) is 0 Å². The van der Waals surface area contributed by atoms with Gasteiger partial charge in [0.25, 0.3) is 5.91 Å². The molecule has 144 valence electrons. The van der Waals surface area contributed by atoms with E-state index in [4.69, 9.17) is 16.3 Å². The Morgan fingerprint density at radius 3 is 2.93 bits per heavy atom. The molecule has 2 aromatic heterocycles. The van der Waals surface area contributed by atoms with Crippen LogP contribution in [0, 0.1) is 0 Å². The Bertz CT molecular complexity index is 1070. The van der Waals surface area contributed by atoms with Crippen molar-refractivity contribution < 1.29 is 9.53 Å². The van der Waals surface area contributed by atoms with Crippen LogP contribution in [0.15, 0.2) is 30.7 Å². The fraction of sp³-hybridized carbons (Fsp3) is 0.381. The van der Waals surface area contributed by atoms with Gasteiger partial charge in [-0.15, -0.1) is 0 Å². The van der Waals surface area contributed by atoms with Gasteiger partial charge in [0.05, 0.1) is 12.1 Å². The molecule has 6 nitrogen and oxygen atoms in total. The van der Waals surface area contributed by atoms with Crippen molar-refractivity contribution in [1.82, 2.24) is 14.5 Å². The summed E-state index contributed by atoms with van der Waals surface area (Å²) in [6.45, 7) is 3.99. The molecule has 0 unspecified atom stereocenters. The standard InChI is InChI=1S/C21H21ClN4O2/c1-2-6-25-7-5-14-10-15(11-16(18(14)25)13-3-4-13)26-8-9-28-20-17(21(26)27)19(22)23-12-24-20/h5,7,10-13H,2-4,6,8-9H2,1H3. The number of carbonyl (C=O) groups is 1. The quantitative estimate of drug-likeness (QED) is 0.613. The number of rotatable bonds is 4. The SMILES string of the molecule is CCCn1ccc2cc(N3CCOc4ncnc(Cl)c4C3=O)cc(C3CC3)c21. The number of hydrogen-bond donors (Lipinski definition) is 0. The highest BCUT2D eigenvalue weighted by atomic mass is 35.5. The van der Waals surface area contributed by atoms with E-state index in [1.807, 2.05) is 0 Å². The summed E-state index contributed by atoms with van der Waals surface area (Å²) < 4.78 is 8.00. The molecular weight excluding hydrogens is 376 g/mol. The molecule has 0 radical (unpaired) electrons. The average molecular weight is 397 g/mol. The summed E-state index contributed by atoms with van der Waals surface area (Å²) in [5.74, 6) is 0.614. The lowest BCUT2D eigenvalue weighted by Gasteiger charge is -2.22. The molecule has 3 aromatic rings. The van der Waals surface area contributed by atoms with Gasteiger partial charge in [0.15, 0.2) is 0 Å². The molecule has 0 atom stereocenters. The smallest absolute Gasteiger partial charge is 0.267 e. The topological polar surface area (TPSA) is 60.2 Å². The number of aryl methyl sites for hydroxylation is 1. The number of carbonyl (C=O) groups excluding carboxylic acids is 1. The number of halogens is 1. The van der Waals surface area contributed by atoms with Crippen LogP contribution in [0.4, 0.5) is 5.69 Å². The summed E-state index contributed by atoms with van der Waals surface area (Å²) in [4.78, 5) is 23.1. The monoisotopic (exact) mass is 396 g/mol. The molecular formula is C21H21ClN4O2. The molecule has 0 saturated heterocycles. The van der Waals surface area contributed by atoms with E-state index in [1.165, 1.54) is 35.6 Å². The van der Waals surface area contributed by atoms with E-state index >= 15 is 0 Å². The number of fused-ring (bicyclic) bond motifs is 2. The fourth-order valence-electron chi connectivity index (χ4n) is 4.01. The summed E-state index contributed by atoms with van der Waals surface area (Å²) in [5.41, 5.74) is 3.75. The Labute approximate surface area is 168 Å². The van der Waals surface area contributed by atoms with Gasteiger partial charge in [0, 0.05) is 23.8 Å². The van der Waals surface area contributed by atoms with Crippen LogP contribution in [0.5, 0.6) is 5.88 Å². The Kier molecular flexibility index (Phi) is 4.23. The van der Waals surface area contributed by atoms with Crippen molar-refractivity contribution >= 4 is 34.1 Å². The molecule has 1 aliphatic heterocycles. The molecule has 1 fully saturated rings. The first-order valence-corrected chi connectivity index (χ1v) is 10.1. The number of nitrogens with zero attached hydrogens (tertiary/aromatic N) is 4. The molecule has 0 bridgehead atoms. The average Bonchev–Trinajstić information content (AvgIpc) is 3.48. The Morgan fingerprint density at radius 1 is 1.29 bits per heavy atom. The van der Waals surface area contributed by atoms with E-state index < -0.39 is 0 Å². The minimum Gasteiger partial charge on any atom is -0.475 e. The minimum absolute atomic E-state index is 0.125. The lowest BCUT2D eigenvalue weighted by atomic mass is 10.0. The van der Waals surface area contributed by atoms with Crippen molar-refractivity contribution in [3.63, 3.8) is 0 Å². The van der Waals surface area contributed by atoms with Crippen molar-refractivity contribution in [3.05, 3.63) is 47.0 Å². The molecule has 0 N–H and O–H groups in total. The molecule has 1 saturated carbocycles. The van der Waals surface area contributed by atoms with E-state index in [0.29, 0.717) is 19.1 Å². The zero-order valence-electron chi connectivity index (χ0n) is 15.7. The first kappa shape index (κ1) is 17.5.